The van der Waals surface area contributed by atoms with Crippen molar-refractivity contribution in [3.63, 3.8) is 0 Å². The number of nitrogens with zero attached hydrogens (tertiary/aromatic N) is 4. The molecule has 6 nitrogen and oxygen atoms in total. The molecule has 1 aliphatic heterocycles. The van der Waals surface area contributed by atoms with Crippen molar-refractivity contribution in [2.75, 3.05) is 0 Å². The molecular weight excluding hydrogens is 304 g/mol. The number of fused-ring (bicyclic) bond motifs is 1. The number of para-hydroxylation sites is 1. The highest BCUT2D eigenvalue weighted by Gasteiger charge is 1.98. The molecular formula is C18H16N4O2. The summed E-state index contributed by atoms with van der Waals surface area (Å²) in [5.41, 5.74) is 0.825. The Morgan fingerprint density at radius 1 is 0.875 bits per heavy atom. The molecule has 0 saturated carbocycles. The number of ketones is 1. The van der Waals surface area contributed by atoms with E-state index in [1.165, 1.54) is 12.3 Å². The van der Waals surface area contributed by atoms with E-state index in [2.05, 4.69) is 20.8 Å². The van der Waals surface area contributed by atoms with Crippen LogP contribution in [0.25, 0.3) is 6.08 Å². The lowest BCUT2D eigenvalue weighted by Crippen LogP contribution is -1.87. The predicted molar refractivity (Wildman–Crippen MR) is 92.0 cm³/mol. The Labute approximate surface area is 139 Å². The van der Waals surface area contributed by atoms with E-state index in [4.69, 9.17) is 4.84 Å². The van der Waals surface area contributed by atoms with E-state index < -0.39 is 0 Å². The van der Waals surface area contributed by atoms with Gasteiger partial charge in [0.1, 0.15) is 0 Å². The lowest BCUT2D eigenvalue weighted by atomic mass is 10.2. The van der Waals surface area contributed by atoms with Crippen molar-refractivity contribution in [1.29, 1.82) is 0 Å². The van der Waals surface area contributed by atoms with Gasteiger partial charge >= 0.3 is 0 Å². The van der Waals surface area contributed by atoms with E-state index in [0.29, 0.717) is 12.2 Å². The van der Waals surface area contributed by atoms with Crippen LogP contribution in [0.15, 0.2) is 99.9 Å². The molecule has 1 aromatic rings. The van der Waals surface area contributed by atoms with E-state index in [0.717, 1.165) is 5.56 Å². The van der Waals surface area contributed by atoms with Gasteiger partial charge in [-0.1, -0.05) is 60.7 Å². The number of hydrogen-bond acceptors (Lipinski definition) is 6. The van der Waals surface area contributed by atoms with Crippen molar-refractivity contribution < 1.29 is 9.63 Å². The Balaban J connectivity index is 2.17. The van der Waals surface area contributed by atoms with Gasteiger partial charge in [-0.25, -0.2) is 0 Å². The molecule has 1 aromatic carbocycles. The first-order chi connectivity index (χ1) is 11.9. The number of carbonyl (C=O) groups excluding carboxylic acids is 1. The van der Waals surface area contributed by atoms with Gasteiger partial charge in [0.05, 0.1) is 11.5 Å². The third-order valence-electron chi connectivity index (χ3n) is 2.80. The summed E-state index contributed by atoms with van der Waals surface area (Å²) < 4.78 is 0. The average molecular weight is 320 g/mol. The third kappa shape index (κ3) is 6.57. The first-order valence-electron chi connectivity index (χ1n) is 7.28. The Hall–Kier alpha value is -3.41. The summed E-state index contributed by atoms with van der Waals surface area (Å²) in [6.07, 6.45) is 17.4. The van der Waals surface area contributed by atoms with E-state index in [1.807, 2.05) is 36.4 Å². The summed E-state index contributed by atoms with van der Waals surface area (Å²) in [6, 6.07) is 7.35. The van der Waals surface area contributed by atoms with Gasteiger partial charge in [-0.05, 0) is 23.4 Å². The van der Waals surface area contributed by atoms with Crippen LogP contribution in [0.5, 0.6) is 5.75 Å². The zero-order valence-electron chi connectivity index (χ0n) is 12.9. The minimum Gasteiger partial charge on any atom is -0.337 e. The number of hydrogen-bond donors (Lipinski definition) is 0. The Morgan fingerprint density at radius 3 is 2.67 bits per heavy atom. The fraction of sp³-hybridized carbons (Fsp3) is 0.0556. The molecule has 2 rings (SSSR count). The van der Waals surface area contributed by atoms with Crippen LogP contribution in [-0.2, 0) is 4.79 Å². The molecule has 120 valence electrons. The highest BCUT2D eigenvalue weighted by Crippen LogP contribution is 2.19. The van der Waals surface area contributed by atoms with Crippen molar-refractivity contribution >= 4 is 11.9 Å². The zero-order valence-corrected chi connectivity index (χ0v) is 12.9. The molecule has 6 heteroatoms. The molecule has 0 radical (unpaired) electrons. The second-order valence-corrected chi connectivity index (χ2v) is 4.55. The van der Waals surface area contributed by atoms with Crippen LogP contribution in [-0.4, -0.2) is 5.78 Å². The van der Waals surface area contributed by atoms with Gasteiger partial charge in [-0.3, -0.25) is 4.79 Å². The first kappa shape index (κ1) is 17.0. The number of benzene rings is 1. The predicted octanol–water partition coefficient (Wildman–Crippen LogP) is 4.97. The highest BCUT2D eigenvalue weighted by atomic mass is 16.6. The topological polar surface area (TPSA) is 75.7 Å². The summed E-state index contributed by atoms with van der Waals surface area (Å²) in [5, 5.41) is 14.1. The lowest BCUT2D eigenvalue weighted by molar-refractivity contribution is -0.113. The van der Waals surface area contributed by atoms with Crippen molar-refractivity contribution in [2.24, 2.45) is 20.8 Å². The van der Waals surface area contributed by atoms with E-state index in [1.54, 1.807) is 36.4 Å². The maximum Gasteiger partial charge on any atom is 0.167 e. The van der Waals surface area contributed by atoms with Gasteiger partial charge in [0.25, 0.3) is 0 Å². The SMILES string of the molecule is O=C1C=CC=CC=CN=NN=NOc2ccccc2C=CC=CC1. The summed E-state index contributed by atoms with van der Waals surface area (Å²) in [7, 11) is 0. The van der Waals surface area contributed by atoms with Crippen molar-refractivity contribution in [3.8, 4) is 5.75 Å². The first-order valence-corrected chi connectivity index (χ1v) is 7.28. The monoisotopic (exact) mass is 320 g/mol. The third-order valence-corrected chi connectivity index (χ3v) is 2.80. The van der Waals surface area contributed by atoms with Gasteiger partial charge in [-0.2, -0.15) is 0 Å². The minimum absolute atomic E-state index is 0.0206. The molecule has 24 heavy (non-hydrogen) atoms. The van der Waals surface area contributed by atoms with Crippen LogP contribution in [0.3, 0.4) is 0 Å². The molecule has 0 saturated heterocycles. The van der Waals surface area contributed by atoms with Gasteiger partial charge in [0.15, 0.2) is 11.5 Å². The van der Waals surface area contributed by atoms with E-state index in [-0.39, 0.29) is 5.78 Å². The largest absolute Gasteiger partial charge is 0.337 e. The van der Waals surface area contributed by atoms with E-state index >= 15 is 0 Å². The molecule has 0 bridgehead atoms. The normalized spacial score (nSPS) is 15.4. The van der Waals surface area contributed by atoms with Crippen molar-refractivity contribution in [1.82, 2.24) is 0 Å². The Kier molecular flexibility index (Phi) is 7.30. The molecule has 0 atom stereocenters. The van der Waals surface area contributed by atoms with Crippen molar-refractivity contribution in [2.45, 2.75) is 6.42 Å². The van der Waals surface area contributed by atoms with Gasteiger partial charge < -0.3 is 4.84 Å². The summed E-state index contributed by atoms with van der Waals surface area (Å²) in [4.78, 5) is 16.8. The van der Waals surface area contributed by atoms with Gasteiger partial charge in [-0.15, -0.1) is 5.11 Å². The molecule has 1 aliphatic rings. The summed E-state index contributed by atoms with van der Waals surface area (Å²) in [5.74, 6) is 0.559. The van der Waals surface area contributed by atoms with Crippen LogP contribution >= 0.6 is 0 Å². The second kappa shape index (κ2) is 10.3. The number of carbonyl (C=O) groups is 1. The minimum atomic E-state index is 0.0206. The molecule has 0 N–H and O–H groups in total. The molecule has 0 amide bonds. The van der Waals surface area contributed by atoms with Gasteiger partial charge in [0, 0.05) is 17.2 Å². The Morgan fingerprint density at radius 2 is 1.71 bits per heavy atom. The maximum absolute atomic E-state index is 11.6. The fourth-order valence-corrected chi connectivity index (χ4v) is 1.70. The van der Waals surface area contributed by atoms with Crippen LogP contribution in [0.1, 0.15) is 12.0 Å². The average Bonchev–Trinajstić information content (AvgIpc) is 2.60. The quantitative estimate of drug-likeness (QED) is 0.677. The van der Waals surface area contributed by atoms with Crippen LogP contribution in [0, 0.1) is 0 Å². The molecule has 0 unspecified atom stereocenters. The van der Waals surface area contributed by atoms with E-state index in [9.17, 15) is 4.79 Å². The molecule has 0 aromatic heterocycles. The second-order valence-electron chi connectivity index (χ2n) is 4.55. The number of allylic oxidation sites excluding steroid dienone is 8. The highest BCUT2D eigenvalue weighted by molar-refractivity contribution is 5.90. The lowest BCUT2D eigenvalue weighted by Gasteiger charge is -2.00. The summed E-state index contributed by atoms with van der Waals surface area (Å²) in [6.45, 7) is 0. The standard InChI is InChI=1S/C18H16N4O2/c23-17-12-5-1-2-9-15-19-20-21-22-24-18-14-8-7-11-16(18)10-4-3-6-13-17/h1-12,14-15H,13H2. The molecule has 0 fully saturated rings. The maximum atomic E-state index is 11.6. The molecule has 1 heterocycles. The number of rotatable bonds is 0. The van der Waals surface area contributed by atoms with Crippen LogP contribution in [0.2, 0.25) is 0 Å². The van der Waals surface area contributed by atoms with Crippen molar-refractivity contribution in [3.05, 3.63) is 84.6 Å². The van der Waals surface area contributed by atoms with Crippen LogP contribution in [0.4, 0.5) is 0 Å². The van der Waals surface area contributed by atoms with Crippen LogP contribution < -0.4 is 4.84 Å². The summed E-state index contributed by atoms with van der Waals surface area (Å²) >= 11 is 0. The Bertz CT molecular complexity index is 756. The fourth-order valence-electron chi connectivity index (χ4n) is 1.70. The molecule has 0 aliphatic carbocycles. The molecule has 0 spiro atoms. The van der Waals surface area contributed by atoms with Gasteiger partial charge in [0.2, 0.25) is 0 Å². The smallest absolute Gasteiger partial charge is 0.167 e. The zero-order chi connectivity index (χ0) is 16.9.